The molecule has 6 atom stereocenters. The molecule has 5 amide bonds. The van der Waals surface area contributed by atoms with Crippen LogP contribution < -0.4 is 27.0 Å². The molecule has 1 aliphatic heterocycles. The van der Waals surface area contributed by atoms with Gasteiger partial charge < -0.3 is 36.6 Å². The van der Waals surface area contributed by atoms with Crippen LogP contribution in [-0.2, 0) is 32.0 Å². The monoisotopic (exact) mass is 676 g/mol. The summed E-state index contributed by atoms with van der Waals surface area (Å²) in [5.74, 6) is -0.467. The number of benzene rings is 1. The number of piperidine rings is 1. The maximum absolute atomic E-state index is 14.8. The Balaban J connectivity index is 1.38. The summed E-state index contributed by atoms with van der Waals surface area (Å²) in [7, 11) is 0. The fraction of sp³-hybridized carbons (Fsp3) is 0.632. The summed E-state index contributed by atoms with van der Waals surface area (Å²) in [5.41, 5.74) is 7.61. The number of primary amides is 1. The first-order chi connectivity index (χ1) is 23.0. The van der Waals surface area contributed by atoms with Gasteiger partial charge in [-0.25, -0.2) is 4.79 Å². The van der Waals surface area contributed by atoms with Gasteiger partial charge in [0.2, 0.25) is 17.7 Å². The van der Waals surface area contributed by atoms with Gasteiger partial charge in [-0.15, -0.1) is 0 Å². The summed E-state index contributed by atoms with van der Waals surface area (Å²) in [4.78, 5) is 56.5. The Kier molecular flexibility index (Phi) is 10.4. The molecule has 4 aliphatic rings. The maximum Gasteiger partial charge on any atom is 0.315 e. The zero-order chi connectivity index (χ0) is 35.8. The Morgan fingerprint density at radius 2 is 1.67 bits per heavy atom. The van der Waals surface area contributed by atoms with Crippen LogP contribution in [0.25, 0.3) is 0 Å². The summed E-state index contributed by atoms with van der Waals surface area (Å²) in [6, 6.07) is 5.05. The average molecular weight is 677 g/mol. The fourth-order valence-electron chi connectivity index (χ4n) is 7.89. The number of nitrogens with two attached hydrogens (primary N) is 1. The van der Waals surface area contributed by atoms with E-state index in [1.165, 1.54) is 0 Å². The predicted molar refractivity (Wildman–Crippen MR) is 189 cm³/mol. The molecule has 268 valence electrons. The molecular weight excluding hydrogens is 620 g/mol. The summed E-state index contributed by atoms with van der Waals surface area (Å²) in [6.07, 6.45) is 3.93. The van der Waals surface area contributed by atoms with E-state index in [0.717, 1.165) is 24.0 Å². The third-order valence-electron chi connectivity index (χ3n) is 11.3. The van der Waals surface area contributed by atoms with Gasteiger partial charge in [-0.1, -0.05) is 78.3 Å². The smallest absolute Gasteiger partial charge is 0.315 e. The first kappa shape index (κ1) is 36.3. The minimum Gasteiger partial charge on any atom is -0.477 e. The van der Waals surface area contributed by atoms with Crippen molar-refractivity contribution < 1.29 is 23.9 Å². The Morgan fingerprint density at radius 3 is 2.22 bits per heavy atom. The minimum absolute atomic E-state index is 0.0395. The second-order valence-corrected chi connectivity index (χ2v) is 16.2. The molecule has 5 rings (SSSR count). The van der Waals surface area contributed by atoms with Gasteiger partial charge in [0.1, 0.15) is 18.7 Å². The summed E-state index contributed by atoms with van der Waals surface area (Å²) in [6.45, 7) is 21.3. The maximum atomic E-state index is 14.8. The van der Waals surface area contributed by atoms with E-state index in [1.807, 2.05) is 39.8 Å². The SMILES string of the molecule is C=C(NCC)OC[C@@H](NC(=O)N[C@H](C(=O)N1C[C@H]2[C@@H]([C@H]1C(=O)NC(CC1CC1)C(=C)C(N)=O)C2(C)C)C1Cc2ccccc2C1)C(C)(C)C. The fourth-order valence-corrected chi connectivity index (χ4v) is 7.89. The lowest BCUT2D eigenvalue weighted by molar-refractivity contribution is -0.143. The van der Waals surface area contributed by atoms with Gasteiger partial charge in [0.05, 0.1) is 12.1 Å². The zero-order valence-electron chi connectivity index (χ0n) is 30.1. The summed E-state index contributed by atoms with van der Waals surface area (Å²) in [5, 5.41) is 12.2. The highest BCUT2D eigenvalue weighted by Crippen LogP contribution is 2.65. The van der Waals surface area contributed by atoms with Crippen LogP contribution in [0.5, 0.6) is 0 Å². The quantitative estimate of drug-likeness (QED) is 0.142. The van der Waals surface area contributed by atoms with Gasteiger partial charge in [-0.05, 0) is 78.4 Å². The number of ether oxygens (including phenoxy) is 1. The number of fused-ring (bicyclic) bond motifs is 2. The van der Waals surface area contributed by atoms with Crippen LogP contribution in [0.1, 0.15) is 71.9 Å². The standard InChI is InChI=1S/C38H56N6O5/c1-9-40-22(3)49-20-29(37(4,5)6)42-36(48)43-31(26-17-24-12-10-11-13-25(24)18-26)35(47)44-19-27-30(38(27,7)8)32(44)34(46)41-28(16-23-14-15-23)21(2)33(39)45/h10-13,23,26-32,40H,2-3,9,14-20H2,1,4-8H3,(H2,39,45)(H,41,46)(H2,42,43,48)/t27-,28?,29+,30-,31-,32-/m0/s1. The van der Waals surface area contributed by atoms with Gasteiger partial charge in [-0.2, -0.15) is 0 Å². The number of nitrogens with one attached hydrogen (secondary N) is 4. The van der Waals surface area contributed by atoms with Crippen molar-refractivity contribution in [3.8, 4) is 0 Å². The Morgan fingerprint density at radius 1 is 1.04 bits per heavy atom. The molecule has 0 spiro atoms. The van der Waals surface area contributed by atoms with Crippen molar-refractivity contribution in [3.05, 3.63) is 60.0 Å². The van der Waals surface area contributed by atoms with Crippen LogP contribution in [0.15, 0.2) is 48.9 Å². The third kappa shape index (κ3) is 8.07. The highest BCUT2D eigenvalue weighted by molar-refractivity contribution is 5.96. The molecule has 0 bridgehead atoms. The molecule has 0 radical (unpaired) electrons. The van der Waals surface area contributed by atoms with Gasteiger partial charge >= 0.3 is 6.03 Å². The van der Waals surface area contributed by atoms with Crippen LogP contribution in [0.3, 0.4) is 0 Å². The molecule has 1 aromatic rings. The van der Waals surface area contributed by atoms with Crippen LogP contribution in [0.4, 0.5) is 4.79 Å². The van der Waals surface area contributed by atoms with Crippen molar-refractivity contribution in [1.29, 1.82) is 0 Å². The molecule has 3 aliphatic carbocycles. The summed E-state index contributed by atoms with van der Waals surface area (Å²) < 4.78 is 5.81. The second kappa shape index (κ2) is 14.1. The van der Waals surface area contributed by atoms with Gasteiger partial charge in [0.25, 0.3) is 0 Å². The van der Waals surface area contributed by atoms with E-state index in [0.29, 0.717) is 44.2 Å². The van der Waals surface area contributed by atoms with E-state index in [-0.39, 0.29) is 58.6 Å². The predicted octanol–water partition coefficient (Wildman–Crippen LogP) is 3.39. The molecule has 2 saturated carbocycles. The molecule has 49 heavy (non-hydrogen) atoms. The molecule has 1 unspecified atom stereocenters. The van der Waals surface area contributed by atoms with Crippen molar-refractivity contribution in [1.82, 2.24) is 26.2 Å². The topological polar surface area (TPSA) is 155 Å². The molecule has 1 saturated heterocycles. The molecule has 6 N–H and O–H groups in total. The van der Waals surface area contributed by atoms with E-state index in [4.69, 9.17) is 10.5 Å². The number of nitrogens with zero attached hydrogens (tertiary/aromatic N) is 1. The zero-order valence-corrected chi connectivity index (χ0v) is 30.1. The number of hydrogen-bond acceptors (Lipinski definition) is 6. The number of hydrogen-bond donors (Lipinski definition) is 5. The Labute approximate surface area is 291 Å². The van der Waals surface area contributed by atoms with E-state index in [1.54, 1.807) is 4.90 Å². The van der Waals surface area contributed by atoms with Crippen molar-refractivity contribution in [3.63, 3.8) is 0 Å². The van der Waals surface area contributed by atoms with Crippen molar-refractivity contribution in [2.75, 3.05) is 19.7 Å². The van der Waals surface area contributed by atoms with Gasteiger partial charge in [-0.3, -0.25) is 14.4 Å². The van der Waals surface area contributed by atoms with Gasteiger partial charge in [0.15, 0.2) is 5.88 Å². The van der Waals surface area contributed by atoms with E-state index in [2.05, 4.69) is 60.4 Å². The van der Waals surface area contributed by atoms with E-state index >= 15 is 0 Å². The first-order valence-corrected chi connectivity index (χ1v) is 17.8. The number of carbonyl (C=O) groups is 4. The molecule has 11 nitrogen and oxygen atoms in total. The van der Waals surface area contributed by atoms with Crippen molar-refractivity contribution in [2.45, 2.75) is 97.8 Å². The van der Waals surface area contributed by atoms with Crippen molar-refractivity contribution >= 4 is 23.8 Å². The normalized spacial score (nSPS) is 24.0. The van der Waals surface area contributed by atoms with Crippen LogP contribution in [-0.4, -0.2) is 72.5 Å². The lowest BCUT2D eigenvalue weighted by atomic mass is 9.87. The largest absolute Gasteiger partial charge is 0.477 e. The van der Waals surface area contributed by atoms with E-state index < -0.39 is 30.1 Å². The number of amides is 5. The number of likely N-dealkylation sites (tertiary alicyclic amines) is 1. The molecule has 1 heterocycles. The minimum atomic E-state index is -0.871. The Hall–Kier alpha value is -4.02. The number of urea groups is 1. The number of rotatable bonds is 15. The number of carbonyl (C=O) groups excluding carboxylic acids is 4. The van der Waals surface area contributed by atoms with Crippen LogP contribution in [0.2, 0.25) is 0 Å². The molecule has 3 fully saturated rings. The molecular formula is C38H56N6O5. The second-order valence-electron chi connectivity index (χ2n) is 16.2. The lowest BCUT2D eigenvalue weighted by Crippen LogP contribution is -2.61. The van der Waals surface area contributed by atoms with E-state index in [9.17, 15) is 19.2 Å². The van der Waals surface area contributed by atoms with Gasteiger partial charge in [0, 0.05) is 18.7 Å². The van der Waals surface area contributed by atoms with Crippen molar-refractivity contribution in [2.24, 2.45) is 40.2 Å². The average Bonchev–Trinajstić information content (AvgIpc) is 3.78. The van der Waals surface area contributed by atoms with Crippen LogP contribution >= 0.6 is 0 Å². The summed E-state index contributed by atoms with van der Waals surface area (Å²) >= 11 is 0. The molecule has 1 aromatic carbocycles. The highest BCUT2D eigenvalue weighted by atomic mass is 16.5. The van der Waals surface area contributed by atoms with Crippen LogP contribution in [0, 0.1) is 34.5 Å². The third-order valence-corrected chi connectivity index (χ3v) is 11.3. The first-order valence-electron chi connectivity index (χ1n) is 17.8. The lowest BCUT2D eigenvalue weighted by Gasteiger charge is -2.36. The highest BCUT2D eigenvalue weighted by Gasteiger charge is 2.69. The Bertz CT molecular complexity index is 1450. The molecule has 0 aromatic heterocycles. The molecule has 11 heteroatoms.